The molecule has 108 valence electrons. The SMILES string of the molecule is COC(=O)CCC(=O)CNC(=O)c1ccc(Cl)c(Cl)c1. The van der Waals surface area contributed by atoms with Crippen LogP contribution in [0.1, 0.15) is 23.2 Å². The van der Waals surface area contributed by atoms with Crippen molar-refractivity contribution in [3.63, 3.8) is 0 Å². The van der Waals surface area contributed by atoms with Gasteiger partial charge in [0, 0.05) is 12.0 Å². The van der Waals surface area contributed by atoms with Gasteiger partial charge in [0.25, 0.3) is 5.91 Å². The number of methoxy groups -OCH3 is 1. The van der Waals surface area contributed by atoms with Crippen molar-refractivity contribution >= 4 is 40.9 Å². The number of Topliss-reactive ketones (excluding diaryl/α,β-unsaturated/α-hetero) is 1. The molecule has 0 aliphatic carbocycles. The van der Waals surface area contributed by atoms with Crippen LogP contribution in [-0.2, 0) is 14.3 Å². The van der Waals surface area contributed by atoms with Crippen LogP contribution < -0.4 is 5.32 Å². The summed E-state index contributed by atoms with van der Waals surface area (Å²) < 4.78 is 4.41. The maximum atomic E-state index is 11.8. The number of nitrogens with one attached hydrogen (secondary N) is 1. The predicted molar refractivity (Wildman–Crippen MR) is 75.1 cm³/mol. The molecule has 1 aromatic rings. The topological polar surface area (TPSA) is 72.5 Å². The van der Waals surface area contributed by atoms with Crippen LogP contribution in [0.25, 0.3) is 0 Å². The second kappa shape index (κ2) is 7.87. The molecule has 0 radical (unpaired) electrons. The molecule has 1 N–H and O–H groups in total. The van der Waals surface area contributed by atoms with Gasteiger partial charge in [0.05, 0.1) is 30.1 Å². The molecule has 0 fully saturated rings. The first-order valence-corrected chi connectivity index (χ1v) is 6.51. The van der Waals surface area contributed by atoms with E-state index in [1.54, 1.807) is 0 Å². The van der Waals surface area contributed by atoms with E-state index in [0.29, 0.717) is 10.6 Å². The van der Waals surface area contributed by atoms with E-state index in [1.807, 2.05) is 0 Å². The van der Waals surface area contributed by atoms with Crippen molar-refractivity contribution in [2.45, 2.75) is 12.8 Å². The summed E-state index contributed by atoms with van der Waals surface area (Å²) in [7, 11) is 1.25. The molecule has 1 rings (SSSR count). The average Bonchev–Trinajstić information content (AvgIpc) is 2.44. The summed E-state index contributed by atoms with van der Waals surface area (Å²) in [4.78, 5) is 34.1. The number of rotatable bonds is 6. The van der Waals surface area contributed by atoms with Gasteiger partial charge in [-0.05, 0) is 18.2 Å². The average molecular weight is 318 g/mol. The fraction of sp³-hybridized carbons (Fsp3) is 0.308. The highest BCUT2D eigenvalue weighted by Gasteiger charge is 2.11. The smallest absolute Gasteiger partial charge is 0.305 e. The number of carbonyl (C=O) groups is 3. The van der Waals surface area contributed by atoms with Crippen molar-refractivity contribution in [1.82, 2.24) is 5.32 Å². The third-order valence-electron chi connectivity index (χ3n) is 2.46. The van der Waals surface area contributed by atoms with E-state index in [-0.39, 0.29) is 30.2 Å². The second-order valence-electron chi connectivity index (χ2n) is 3.93. The van der Waals surface area contributed by atoms with Crippen LogP contribution in [0.4, 0.5) is 0 Å². The van der Waals surface area contributed by atoms with Gasteiger partial charge in [-0.1, -0.05) is 23.2 Å². The Labute approximate surface area is 126 Å². The Balaban J connectivity index is 2.44. The summed E-state index contributed by atoms with van der Waals surface area (Å²) in [6, 6.07) is 4.42. The molecule has 0 saturated heterocycles. The minimum absolute atomic E-state index is 0.00201. The minimum Gasteiger partial charge on any atom is -0.469 e. The van der Waals surface area contributed by atoms with Gasteiger partial charge in [-0.3, -0.25) is 14.4 Å². The van der Waals surface area contributed by atoms with Gasteiger partial charge in [0.15, 0.2) is 5.78 Å². The van der Waals surface area contributed by atoms with E-state index in [9.17, 15) is 14.4 Å². The molecule has 20 heavy (non-hydrogen) atoms. The number of benzene rings is 1. The molecule has 7 heteroatoms. The number of ketones is 1. The van der Waals surface area contributed by atoms with Gasteiger partial charge >= 0.3 is 5.97 Å². The lowest BCUT2D eigenvalue weighted by atomic mass is 10.2. The fourth-order valence-electron chi connectivity index (χ4n) is 1.35. The van der Waals surface area contributed by atoms with Gasteiger partial charge < -0.3 is 10.1 Å². The summed E-state index contributed by atoms with van der Waals surface area (Å²) in [6.07, 6.45) is 0.0201. The number of esters is 1. The molecule has 0 aromatic heterocycles. The molecule has 0 aliphatic heterocycles. The second-order valence-corrected chi connectivity index (χ2v) is 4.74. The standard InChI is InChI=1S/C13H13Cl2NO4/c1-20-12(18)5-3-9(17)7-16-13(19)8-2-4-10(14)11(15)6-8/h2,4,6H,3,5,7H2,1H3,(H,16,19). The van der Waals surface area contributed by atoms with E-state index in [4.69, 9.17) is 23.2 Å². The molecule has 0 heterocycles. The van der Waals surface area contributed by atoms with E-state index >= 15 is 0 Å². The van der Waals surface area contributed by atoms with Crippen molar-refractivity contribution in [1.29, 1.82) is 0 Å². The summed E-state index contributed by atoms with van der Waals surface area (Å²) in [5.41, 5.74) is 0.306. The molecule has 0 spiro atoms. The molecule has 1 amide bonds. The number of amides is 1. The van der Waals surface area contributed by atoms with E-state index in [0.717, 1.165) is 0 Å². The predicted octanol–water partition coefficient (Wildman–Crippen LogP) is 2.25. The first kappa shape index (κ1) is 16.5. The summed E-state index contributed by atoms with van der Waals surface area (Å²) >= 11 is 11.5. The van der Waals surface area contributed by atoms with Gasteiger partial charge in [0.2, 0.25) is 0 Å². The van der Waals surface area contributed by atoms with Crippen molar-refractivity contribution in [2.24, 2.45) is 0 Å². The van der Waals surface area contributed by atoms with Crippen molar-refractivity contribution < 1.29 is 19.1 Å². The Hall–Kier alpha value is -1.59. The quantitative estimate of drug-likeness (QED) is 0.817. The monoisotopic (exact) mass is 317 g/mol. The van der Waals surface area contributed by atoms with Crippen LogP contribution in [0.15, 0.2) is 18.2 Å². The summed E-state index contributed by atoms with van der Waals surface area (Å²) in [5.74, 6) is -1.16. The molecule has 0 saturated carbocycles. The van der Waals surface area contributed by atoms with Gasteiger partial charge in [-0.15, -0.1) is 0 Å². The lowest BCUT2D eigenvalue weighted by molar-refractivity contribution is -0.141. The molecule has 0 bridgehead atoms. The maximum Gasteiger partial charge on any atom is 0.305 e. The zero-order valence-corrected chi connectivity index (χ0v) is 12.3. The highest BCUT2D eigenvalue weighted by atomic mass is 35.5. The molecule has 5 nitrogen and oxygen atoms in total. The van der Waals surface area contributed by atoms with Gasteiger partial charge in [-0.2, -0.15) is 0 Å². The third-order valence-corrected chi connectivity index (χ3v) is 3.20. The molecule has 0 atom stereocenters. The maximum absolute atomic E-state index is 11.8. The largest absolute Gasteiger partial charge is 0.469 e. The first-order valence-electron chi connectivity index (χ1n) is 5.75. The van der Waals surface area contributed by atoms with Crippen LogP contribution in [-0.4, -0.2) is 31.3 Å². The Kier molecular flexibility index (Phi) is 6.48. The number of carbonyl (C=O) groups excluding carboxylic acids is 3. The molecule has 1 aromatic carbocycles. The number of hydrogen-bond acceptors (Lipinski definition) is 4. The van der Waals surface area contributed by atoms with Crippen LogP contribution in [0.2, 0.25) is 10.0 Å². The number of halogens is 2. The van der Waals surface area contributed by atoms with Gasteiger partial charge in [-0.25, -0.2) is 0 Å². The van der Waals surface area contributed by atoms with Crippen LogP contribution in [0.5, 0.6) is 0 Å². The van der Waals surface area contributed by atoms with Crippen LogP contribution in [0.3, 0.4) is 0 Å². The van der Waals surface area contributed by atoms with E-state index in [2.05, 4.69) is 10.1 Å². The Morgan fingerprint density at radius 2 is 1.85 bits per heavy atom. The number of ether oxygens (including phenoxy) is 1. The van der Waals surface area contributed by atoms with E-state index in [1.165, 1.54) is 25.3 Å². The normalized spacial score (nSPS) is 9.95. The molecule has 0 aliphatic rings. The first-order chi connectivity index (χ1) is 9.43. The fourth-order valence-corrected chi connectivity index (χ4v) is 1.65. The zero-order chi connectivity index (χ0) is 15.1. The van der Waals surface area contributed by atoms with E-state index < -0.39 is 11.9 Å². The Bertz CT molecular complexity index is 531. The summed E-state index contributed by atoms with van der Waals surface area (Å²) in [5, 5.41) is 3.05. The highest BCUT2D eigenvalue weighted by molar-refractivity contribution is 6.42. The van der Waals surface area contributed by atoms with Crippen molar-refractivity contribution in [2.75, 3.05) is 13.7 Å². The number of hydrogen-bond donors (Lipinski definition) is 1. The lowest BCUT2D eigenvalue weighted by Crippen LogP contribution is -2.29. The molecular formula is C13H13Cl2NO4. The van der Waals surface area contributed by atoms with Crippen LogP contribution in [0, 0.1) is 0 Å². The highest BCUT2D eigenvalue weighted by Crippen LogP contribution is 2.22. The zero-order valence-electron chi connectivity index (χ0n) is 10.7. The molecule has 0 unspecified atom stereocenters. The molecular weight excluding hydrogens is 305 g/mol. The Morgan fingerprint density at radius 1 is 1.15 bits per heavy atom. The van der Waals surface area contributed by atoms with Crippen molar-refractivity contribution in [3.8, 4) is 0 Å². The van der Waals surface area contributed by atoms with Crippen LogP contribution >= 0.6 is 23.2 Å². The third kappa shape index (κ3) is 5.19. The summed E-state index contributed by atoms with van der Waals surface area (Å²) in [6.45, 7) is -0.157. The van der Waals surface area contributed by atoms with Crippen molar-refractivity contribution in [3.05, 3.63) is 33.8 Å². The Morgan fingerprint density at radius 3 is 2.45 bits per heavy atom. The van der Waals surface area contributed by atoms with Gasteiger partial charge in [0.1, 0.15) is 0 Å². The lowest BCUT2D eigenvalue weighted by Gasteiger charge is -2.05. The minimum atomic E-state index is -0.464.